The Labute approximate surface area is 160 Å². The lowest BCUT2D eigenvalue weighted by molar-refractivity contribution is -0.138. The molecule has 0 saturated heterocycles. The SMILES string of the molecule is Cc1cc(OC2CCC2)nc(-c2cc(F)c(OCC3CC3C(=O)O)c(F)c2)n1. The van der Waals surface area contributed by atoms with E-state index in [0.717, 1.165) is 31.4 Å². The van der Waals surface area contributed by atoms with Gasteiger partial charge in [0, 0.05) is 23.2 Å². The van der Waals surface area contributed by atoms with E-state index >= 15 is 0 Å². The van der Waals surface area contributed by atoms with Crippen LogP contribution in [0.2, 0.25) is 0 Å². The summed E-state index contributed by atoms with van der Waals surface area (Å²) in [4.78, 5) is 19.4. The molecule has 2 unspecified atom stereocenters. The zero-order chi connectivity index (χ0) is 19.8. The number of halogens is 2. The van der Waals surface area contributed by atoms with E-state index in [1.165, 1.54) is 0 Å². The summed E-state index contributed by atoms with van der Waals surface area (Å²) in [6, 6.07) is 3.92. The first-order chi connectivity index (χ1) is 13.4. The number of aromatic nitrogens is 2. The van der Waals surface area contributed by atoms with Crippen molar-refractivity contribution < 1.29 is 28.2 Å². The summed E-state index contributed by atoms with van der Waals surface area (Å²) in [5.41, 5.74) is 0.813. The van der Waals surface area contributed by atoms with E-state index in [4.69, 9.17) is 14.6 Å². The van der Waals surface area contributed by atoms with Gasteiger partial charge in [0.15, 0.2) is 23.2 Å². The van der Waals surface area contributed by atoms with Crippen molar-refractivity contribution in [1.29, 1.82) is 0 Å². The van der Waals surface area contributed by atoms with Crippen LogP contribution in [-0.2, 0) is 4.79 Å². The van der Waals surface area contributed by atoms with Gasteiger partial charge in [-0.05, 0) is 44.7 Å². The lowest BCUT2D eigenvalue weighted by atomic mass is 9.96. The van der Waals surface area contributed by atoms with Crippen LogP contribution >= 0.6 is 0 Å². The highest BCUT2D eigenvalue weighted by molar-refractivity contribution is 5.73. The van der Waals surface area contributed by atoms with Crippen LogP contribution in [0.3, 0.4) is 0 Å². The molecule has 0 amide bonds. The molecule has 2 aliphatic carbocycles. The number of hydrogen-bond acceptors (Lipinski definition) is 5. The fourth-order valence-corrected chi connectivity index (χ4v) is 3.14. The third-order valence-electron chi connectivity index (χ3n) is 5.11. The molecule has 0 radical (unpaired) electrons. The summed E-state index contributed by atoms with van der Waals surface area (Å²) in [6.45, 7) is 1.72. The lowest BCUT2D eigenvalue weighted by Crippen LogP contribution is -2.25. The van der Waals surface area contributed by atoms with Crippen molar-refractivity contribution >= 4 is 5.97 Å². The lowest BCUT2D eigenvalue weighted by Gasteiger charge is -2.25. The van der Waals surface area contributed by atoms with E-state index in [1.54, 1.807) is 13.0 Å². The molecule has 2 atom stereocenters. The molecule has 8 heteroatoms. The predicted molar refractivity (Wildman–Crippen MR) is 95.1 cm³/mol. The van der Waals surface area contributed by atoms with Crippen molar-refractivity contribution in [2.75, 3.05) is 6.61 Å². The molecule has 2 saturated carbocycles. The average molecular weight is 390 g/mol. The second-order valence-electron chi connectivity index (χ2n) is 7.36. The number of aliphatic carboxylic acids is 1. The first kappa shape index (κ1) is 18.6. The van der Waals surface area contributed by atoms with Gasteiger partial charge in [-0.25, -0.2) is 13.8 Å². The molecule has 0 spiro atoms. The molecular formula is C20H20F2N2O4. The number of benzene rings is 1. The average Bonchev–Trinajstić information content (AvgIpc) is 3.37. The Bertz CT molecular complexity index is 894. The Morgan fingerprint density at radius 3 is 2.50 bits per heavy atom. The maximum Gasteiger partial charge on any atom is 0.306 e. The highest BCUT2D eigenvalue weighted by Gasteiger charge is 2.43. The zero-order valence-corrected chi connectivity index (χ0v) is 15.3. The van der Waals surface area contributed by atoms with Gasteiger partial charge in [0.2, 0.25) is 5.88 Å². The van der Waals surface area contributed by atoms with Gasteiger partial charge in [-0.1, -0.05) is 0 Å². The molecule has 6 nitrogen and oxygen atoms in total. The summed E-state index contributed by atoms with van der Waals surface area (Å²) in [6.07, 6.45) is 3.64. The predicted octanol–water partition coefficient (Wildman–Crippen LogP) is 3.76. The Morgan fingerprint density at radius 1 is 1.21 bits per heavy atom. The second-order valence-corrected chi connectivity index (χ2v) is 7.36. The van der Waals surface area contributed by atoms with Gasteiger partial charge in [0.1, 0.15) is 6.10 Å². The van der Waals surface area contributed by atoms with Crippen molar-refractivity contribution in [3.63, 3.8) is 0 Å². The zero-order valence-electron chi connectivity index (χ0n) is 15.3. The molecule has 1 aromatic carbocycles. The van der Waals surface area contributed by atoms with Crippen LogP contribution in [0, 0.1) is 30.4 Å². The molecule has 4 rings (SSSR count). The molecule has 1 heterocycles. The molecule has 1 aromatic heterocycles. The number of rotatable bonds is 7. The summed E-state index contributed by atoms with van der Waals surface area (Å²) in [7, 11) is 0. The second kappa shape index (κ2) is 7.33. The maximum absolute atomic E-state index is 14.4. The minimum absolute atomic E-state index is 0.0372. The van der Waals surface area contributed by atoms with Crippen molar-refractivity contribution in [2.24, 2.45) is 11.8 Å². The monoisotopic (exact) mass is 390 g/mol. The van der Waals surface area contributed by atoms with Crippen LogP contribution < -0.4 is 9.47 Å². The van der Waals surface area contributed by atoms with Crippen LogP contribution in [0.25, 0.3) is 11.4 Å². The Morgan fingerprint density at radius 2 is 1.93 bits per heavy atom. The van der Waals surface area contributed by atoms with Gasteiger partial charge < -0.3 is 14.6 Å². The van der Waals surface area contributed by atoms with Crippen molar-refractivity contribution in [3.05, 3.63) is 35.5 Å². The number of ether oxygens (including phenoxy) is 2. The Kier molecular flexibility index (Phi) is 4.87. The van der Waals surface area contributed by atoms with E-state index in [2.05, 4.69) is 9.97 Å². The van der Waals surface area contributed by atoms with Crippen molar-refractivity contribution in [3.8, 4) is 23.0 Å². The molecule has 148 valence electrons. The largest absolute Gasteiger partial charge is 0.487 e. The molecule has 2 aliphatic rings. The summed E-state index contributed by atoms with van der Waals surface area (Å²) >= 11 is 0. The molecule has 0 aliphatic heterocycles. The highest BCUT2D eigenvalue weighted by Crippen LogP contribution is 2.39. The Balaban J connectivity index is 1.51. The number of hydrogen-bond donors (Lipinski definition) is 1. The van der Waals surface area contributed by atoms with Gasteiger partial charge in [0.25, 0.3) is 0 Å². The first-order valence-corrected chi connectivity index (χ1v) is 9.28. The maximum atomic E-state index is 14.4. The molecule has 28 heavy (non-hydrogen) atoms. The van der Waals surface area contributed by atoms with E-state index in [0.29, 0.717) is 18.0 Å². The van der Waals surface area contributed by atoms with Crippen molar-refractivity contribution in [1.82, 2.24) is 9.97 Å². The van der Waals surface area contributed by atoms with E-state index in [9.17, 15) is 13.6 Å². The number of carboxylic acid groups (broad SMARTS) is 1. The standard InChI is InChI=1S/C20H20F2N2O4/c1-10-5-17(28-13-3-2-4-13)24-19(23-10)11-7-15(21)18(16(22)8-11)27-9-12-6-14(12)20(25)26/h5,7-8,12-14H,2-4,6,9H2,1H3,(H,25,26). The van der Waals surface area contributed by atoms with Crippen LogP contribution in [0.4, 0.5) is 8.78 Å². The third kappa shape index (κ3) is 3.90. The number of carbonyl (C=O) groups is 1. The van der Waals surface area contributed by atoms with Gasteiger partial charge in [-0.3, -0.25) is 4.79 Å². The third-order valence-corrected chi connectivity index (χ3v) is 5.11. The summed E-state index contributed by atoms with van der Waals surface area (Å²) < 4.78 is 39.8. The number of carboxylic acids is 1. The smallest absolute Gasteiger partial charge is 0.306 e. The van der Waals surface area contributed by atoms with Crippen LogP contribution in [0.5, 0.6) is 11.6 Å². The normalized spacial score (nSPS) is 21.1. The minimum Gasteiger partial charge on any atom is -0.487 e. The van der Waals surface area contributed by atoms with Gasteiger partial charge in [-0.2, -0.15) is 4.98 Å². The van der Waals surface area contributed by atoms with Crippen molar-refractivity contribution in [2.45, 2.75) is 38.7 Å². The van der Waals surface area contributed by atoms with E-state index in [1.807, 2.05) is 0 Å². The minimum atomic E-state index is -0.915. The van der Waals surface area contributed by atoms with Crippen LogP contribution in [0.1, 0.15) is 31.4 Å². The molecule has 1 N–H and O–H groups in total. The molecular weight excluding hydrogens is 370 g/mol. The van der Waals surface area contributed by atoms with Gasteiger partial charge >= 0.3 is 5.97 Å². The topological polar surface area (TPSA) is 81.5 Å². The highest BCUT2D eigenvalue weighted by atomic mass is 19.1. The quantitative estimate of drug-likeness (QED) is 0.775. The number of nitrogens with zero attached hydrogens (tertiary/aromatic N) is 2. The summed E-state index contributed by atoms with van der Waals surface area (Å²) in [5, 5.41) is 8.88. The van der Waals surface area contributed by atoms with E-state index in [-0.39, 0.29) is 30.0 Å². The van der Waals surface area contributed by atoms with Crippen LogP contribution in [0.15, 0.2) is 18.2 Å². The van der Waals surface area contributed by atoms with E-state index < -0.39 is 29.3 Å². The molecule has 2 fully saturated rings. The molecule has 0 bridgehead atoms. The number of aryl methyl sites for hydroxylation is 1. The van der Waals surface area contributed by atoms with Gasteiger partial charge in [-0.15, -0.1) is 0 Å². The van der Waals surface area contributed by atoms with Crippen LogP contribution in [-0.4, -0.2) is 33.8 Å². The molecule has 2 aromatic rings. The Hall–Kier alpha value is -2.77. The van der Waals surface area contributed by atoms with Gasteiger partial charge in [0.05, 0.1) is 12.5 Å². The fraction of sp³-hybridized carbons (Fsp3) is 0.450. The summed E-state index contributed by atoms with van der Waals surface area (Å²) in [5.74, 6) is -3.35. The fourth-order valence-electron chi connectivity index (χ4n) is 3.14. The first-order valence-electron chi connectivity index (χ1n) is 9.28.